The minimum Gasteiger partial charge on any atom is -0.375 e. The van der Waals surface area contributed by atoms with E-state index in [0.29, 0.717) is 22.7 Å². The third-order valence-electron chi connectivity index (χ3n) is 4.19. The van der Waals surface area contributed by atoms with E-state index in [-0.39, 0.29) is 12.2 Å². The molecule has 1 amide bonds. The summed E-state index contributed by atoms with van der Waals surface area (Å²) >= 11 is 1.32. The molecule has 3 rings (SSSR count). The Morgan fingerprint density at radius 1 is 1.26 bits per heavy atom. The molecule has 1 aromatic heterocycles. The topological polar surface area (TPSA) is 57.6 Å². The Morgan fingerprint density at radius 3 is 2.74 bits per heavy atom. The van der Waals surface area contributed by atoms with Crippen LogP contribution in [-0.2, 0) is 10.4 Å². The SMILES string of the molecule is CCCCN1C(=O)[C@](O)(CC(=O)c2cccs2)c2ccccc21. The Morgan fingerprint density at radius 2 is 2.04 bits per heavy atom. The Labute approximate surface area is 139 Å². The van der Waals surface area contributed by atoms with Gasteiger partial charge < -0.3 is 10.0 Å². The zero-order valence-corrected chi connectivity index (χ0v) is 13.8. The van der Waals surface area contributed by atoms with E-state index in [9.17, 15) is 14.7 Å². The summed E-state index contributed by atoms with van der Waals surface area (Å²) in [6, 6.07) is 10.7. The van der Waals surface area contributed by atoms with Crippen LogP contribution in [0.4, 0.5) is 5.69 Å². The molecule has 2 heterocycles. The molecule has 0 bridgehead atoms. The van der Waals surface area contributed by atoms with Crippen molar-refractivity contribution in [1.29, 1.82) is 0 Å². The van der Waals surface area contributed by atoms with E-state index in [0.717, 1.165) is 12.8 Å². The quantitative estimate of drug-likeness (QED) is 0.827. The van der Waals surface area contributed by atoms with Gasteiger partial charge in [0.2, 0.25) is 0 Å². The average Bonchev–Trinajstić information content (AvgIpc) is 3.15. The Bertz CT molecular complexity index is 726. The minimum absolute atomic E-state index is 0.206. The first-order valence-electron chi connectivity index (χ1n) is 7.78. The van der Waals surface area contributed by atoms with Crippen LogP contribution in [-0.4, -0.2) is 23.3 Å². The summed E-state index contributed by atoms with van der Waals surface area (Å²) in [4.78, 5) is 27.4. The van der Waals surface area contributed by atoms with E-state index in [4.69, 9.17) is 0 Å². The zero-order chi connectivity index (χ0) is 16.4. The standard InChI is InChI=1S/C18H19NO3S/c1-2-3-10-19-14-8-5-4-7-13(14)18(22,17(19)21)12-15(20)16-9-6-11-23-16/h4-9,11,22H,2-3,10,12H2,1H3/t18-/m0/s1. The second-order valence-corrected chi connectivity index (χ2v) is 6.71. The van der Waals surface area contributed by atoms with Gasteiger partial charge in [-0.2, -0.15) is 0 Å². The molecule has 0 fully saturated rings. The van der Waals surface area contributed by atoms with Crippen molar-refractivity contribution in [2.45, 2.75) is 31.8 Å². The van der Waals surface area contributed by atoms with Gasteiger partial charge in [0.05, 0.1) is 17.0 Å². The second-order valence-electron chi connectivity index (χ2n) is 5.77. The van der Waals surface area contributed by atoms with Crippen LogP contribution >= 0.6 is 11.3 Å². The first kappa shape index (κ1) is 15.9. The predicted molar refractivity (Wildman–Crippen MR) is 90.9 cm³/mol. The van der Waals surface area contributed by atoms with E-state index < -0.39 is 11.5 Å². The average molecular weight is 329 g/mol. The van der Waals surface area contributed by atoms with Gasteiger partial charge in [0.25, 0.3) is 5.91 Å². The Hall–Kier alpha value is -1.98. The minimum atomic E-state index is -1.76. The van der Waals surface area contributed by atoms with Crippen molar-refractivity contribution in [3.63, 3.8) is 0 Å². The van der Waals surface area contributed by atoms with Crippen LogP contribution < -0.4 is 4.90 Å². The summed E-state index contributed by atoms with van der Waals surface area (Å²) in [5.41, 5.74) is -0.510. The molecule has 2 aromatic rings. The number of anilines is 1. The van der Waals surface area contributed by atoms with Crippen LogP contribution in [0.3, 0.4) is 0 Å². The van der Waals surface area contributed by atoms with Crippen LogP contribution in [0.15, 0.2) is 41.8 Å². The number of para-hydroxylation sites is 1. The van der Waals surface area contributed by atoms with Crippen molar-refractivity contribution in [2.24, 2.45) is 0 Å². The number of aliphatic hydroxyl groups is 1. The third kappa shape index (κ3) is 2.71. The second kappa shape index (κ2) is 6.26. The van der Waals surface area contributed by atoms with Gasteiger partial charge in [-0.05, 0) is 23.9 Å². The first-order valence-corrected chi connectivity index (χ1v) is 8.66. The van der Waals surface area contributed by atoms with Crippen LogP contribution in [0.2, 0.25) is 0 Å². The van der Waals surface area contributed by atoms with Crippen molar-refractivity contribution in [1.82, 2.24) is 0 Å². The summed E-state index contributed by atoms with van der Waals surface area (Å²) in [6.07, 6.45) is 1.60. The van der Waals surface area contributed by atoms with Gasteiger partial charge in [0, 0.05) is 12.1 Å². The van der Waals surface area contributed by atoms with E-state index >= 15 is 0 Å². The summed E-state index contributed by atoms with van der Waals surface area (Å²) < 4.78 is 0. The smallest absolute Gasteiger partial charge is 0.264 e. The number of unbranched alkanes of at least 4 members (excludes halogenated alkanes) is 1. The third-order valence-corrected chi connectivity index (χ3v) is 5.10. The molecule has 0 spiro atoms. The number of carbonyl (C=O) groups is 2. The molecule has 1 N–H and O–H groups in total. The van der Waals surface area contributed by atoms with Crippen molar-refractivity contribution < 1.29 is 14.7 Å². The fourth-order valence-corrected chi connectivity index (χ4v) is 3.64. The predicted octanol–water partition coefficient (Wildman–Crippen LogP) is 3.36. The molecule has 0 aliphatic carbocycles. The summed E-state index contributed by atoms with van der Waals surface area (Å²) in [6.45, 7) is 2.61. The van der Waals surface area contributed by atoms with Gasteiger partial charge in [0.15, 0.2) is 11.4 Å². The maximum atomic E-state index is 12.8. The highest BCUT2D eigenvalue weighted by atomic mass is 32.1. The highest BCUT2D eigenvalue weighted by molar-refractivity contribution is 7.12. The fraction of sp³-hybridized carbons (Fsp3) is 0.333. The zero-order valence-electron chi connectivity index (χ0n) is 13.0. The van der Waals surface area contributed by atoms with Crippen molar-refractivity contribution in [3.8, 4) is 0 Å². The van der Waals surface area contributed by atoms with Gasteiger partial charge in [0.1, 0.15) is 0 Å². The fourth-order valence-electron chi connectivity index (χ4n) is 2.97. The van der Waals surface area contributed by atoms with Crippen LogP contribution in [0.5, 0.6) is 0 Å². The lowest BCUT2D eigenvalue weighted by Gasteiger charge is -2.22. The number of thiophene rings is 1. The van der Waals surface area contributed by atoms with Crippen LogP contribution in [0.1, 0.15) is 41.4 Å². The lowest BCUT2D eigenvalue weighted by molar-refractivity contribution is -0.135. The lowest BCUT2D eigenvalue weighted by Crippen LogP contribution is -2.42. The van der Waals surface area contributed by atoms with Crippen LogP contribution in [0, 0.1) is 0 Å². The lowest BCUT2D eigenvalue weighted by atomic mass is 9.89. The van der Waals surface area contributed by atoms with Gasteiger partial charge in [-0.3, -0.25) is 9.59 Å². The number of rotatable bonds is 6. The molecule has 1 aromatic carbocycles. The number of Topliss-reactive ketones (excluding diaryl/α,β-unsaturated/α-hetero) is 1. The number of amides is 1. The summed E-state index contributed by atoms with van der Waals surface area (Å²) in [7, 11) is 0. The molecular formula is C18H19NO3S. The molecule has 1 aliphatic rings. The molecule has 120 valence electrons. The molecule has 0 unspecified atom stereocenters. The molecule has 23 heavy (non-hydrogen) atoms. The number of hydrogen-bond donors (Lipinski definition) is 1. The number of nitrogens with zero attached hydrogens (tertiary/aromatic N) is 1. The first-order chi connectivity index (χ1) is 11.1. The van der Waals surface area contributed by atoms with E-state index in [2.05, 4.69) is 6.92 Å². The van der Waals surface area contributed by atoms with Crippen molar-refractivity contribution >= 4 is 28.7 Å². The molecule has 1 atom stereocenters. The highest BCUT2D eigenvalue weighted by Crippen LogP contribution is 2.43. The maximum Gasteiger partial charge on any atom is 0.264 e. The van der Waals surface area contributed by atoms with Gasteiger partial charge in [-0.1, -0.05) is 37.6 Å². The number of ketones is 1. The molecular weight excluding hydrogens is 310 g/mol. The largest absolute Gasteiger partial charge is 0.375 e. The molecule has 1 aliphatic heterocycles. The highest BCUT2D eigenvalue weighted by Gasteiger charge is 2.50. The molecule has 0 radical (unpaired) electrons. The van der Waals surface area contributed by atoms with E-state index in [1.165, 1.54) is 11.3 Å². The van der Waals surface area contributed by atoms with E-state index in [1.54, 1.807) is 29.2 Å². The van der Waals surface area contributed by atoms with Gasteiger partial charge >= 0.3 is 0 Å². The number of hydrogen-bond acceptors (Lipinski definition) is 4. The molecule has 0 saturated heterocycles. The maximum absolute atomic E-state index is 12.8. The molecule has 0 saturated carbocycles. The number of benzene rings is 1. The number of fused-ring (bicyclic) bond motifs is 1. The summed E-state index contributed by atoms with van der Waals surface area (Å²) in [5.74, 6) is -0.597. The number of carbonyl (C=O) groups excluding carboxylic acids is 2. The van der Waals surface area contributed by atoms with Gasteiger partial charge in [-0.25, -0.2) is 0 Å². The Kier molecular flexibility index (Phi) is 4.33. The molecule has 4 nitrogen and oxygen atoms in total. The monoisotopic (exact) mass is 329 g/mol. The Balaban J connectivity index is 1.94. The van der Waals surface area contributed by atoms with Crippen molar-refractivity contribution in [3.05, 3.63) is 52.2 Å². The van der Waals surface area contributed by atoms with Gasteiger partial charge in [-0.15, -0.1) is 11.3 Å². The normalized spacial score (nSPS) is 19.9. The van der Waals surface area contributed by atoms with Crippen molar-refractivity contribution in [2.75, 3.05) is 11.4 Å². The molecule has 5 heteroatoms. The summed E-state index contributed by atoms with van der Waals surface area (Å²) in [5, 5.41) is 12.9. The van der Waals surface area contributed by atoms with Crippen LogP contribution in [0.25, 0.3) is 0 Å². The van der Waals surface area contributed by atoms with E-state index in [1.807, 2.05) is 17.5 Å².